The Labute approximate surface area is 98.0 Å². The van der Waals surface area contributed by atoms with Gasteiger partial charge in [0.2, 0.25) is 0 Å². The maximum atomic E-state index is 11.0. The SMILES string of the molecule is CC.CC.CC(=O)c1ccccc1COO. The van der Waals surface area contributed by atoms with Crippen LogP contribution in [0.5, 0.6) is 0 Å². The molecule has 1 aromatic carbocycles. The molecule has 0 unspecified atom stereocenters. The topological polar surface area (TPSA) is 46.5 Å². The van der Waals surface area contributed by atoms with Gasteiger partial charge >= 0.3 is 0 Å². The van der Waals surface area contributed by atoms with E-state index in [2.05, 4.69) is 4.89 Å². The summed E-state index contributed by atoms with van der Waals surface area (Å²) in [4.78, 5) is 15.0. The van der Waals surface area contributed by atoms with Gasteiger partial charge in [-0.2, -0.15) is 0 Å². The van der Waals surface area contributed by atoms with Crippen molar-refractivity contribution in [2.24, 2.45) is 0 Å². The summed E-state index contributed by atoms with van der Waals surface area (Å²) in [5.74, 6) is -0.0253. The Morgan fingerprint density at radius 2 is 1.69 bits per heavy atom. The normalized spacial score (nSPS) is 8.12. The zero-order chi connectivity index (χ0) is 13.0. The van der Waals surface area contributed by atoms with Gasteiger partial charge in [-0.15, -0.1) is 0 Å². The van der Waals surface area contributed by atoms with Crippen molar-refractivity contribution in [2.75, 3.05) is 0 Å². The highest BCUT2D eigenvalue weighted by Gasteiger charge is 2.04. The lowest BCUT2D eigenvalue weighted by Crippen LogP contribution is -2.00. The fourth-order valence-corrected chi connectivity index (χ4v) is 1.06. The van der Waals surface area contributed by atoms with Crippen LogP contribution in [-0.4, -0.2) is 11.0 Å². The number of rotatable bonds is 3. The molecule has 1 aromatic rings. The Morgan fingerprint density at radius 1 is 1.19 bits per heavy atom. The largest absolute Gasteiger partial charge is 0.294 e. The lowest BCUT2D eigenvalue weighted by molar-refractivity contribution is -0.253. The first-order valence-electron chi connectivity index (χ1n) is 5.61. The molecule has 3 heteroatoms. The van der Waals surface area contributed by atoms with Crippen molar-refractivity contribution < 1.29 is 14.9 Å². The van der Waals surface area contributed by atoms with E-state index in [0.29, 0.717) is 11.1 Å². The first-order chi connectivity index (χ1) is 7.75. The highest BCUT2D eigenvalue weighted by Crippen LogP contribution is 2.09. The number of hydrogen-bond acceptors (Lipinski definition) is 3. The van der Waals surface area contributed by atoms with Gasteiger partial charge in [0, 0.05) is 5.56 Å². The van der Waals surface area contributed by atoms with Crippen molar-refractivity contribution in [3.63, 3.8) is 0 Å². The summed E-state index contributed by atoms with van der Waals surface area (Å²) in [5.41, 5.74) is 1.29. The second-order valence-electron chi connectivity index (χ2n) is 2.49. The molecule has 0 aliphatic heterocycles. The molecule has 92 valence electrons. The smallest absolute Gasteiger partial charge is 0.160 e. The first kappa shape index (κ1) is 17.2. The Bertz CT molecular complexity index is 282. The molecule has 3 nitrogen and oxygen atoms in total. The van der Waals surface area contributed by atoms with E-state index in [1.807, 2.05) is 27.7 Å². The quantitative estimate of drug-likeness (QED) is 0.482. The average molecular weight is 226 g/mol. The molecule has 0 heterocycles. The Morgan fingerprint density at radius 3 is 2.12 bits per heavy atom. The van der Waals surface area contributed by atoms with Crippen LogP contribution in [0.25, 0.3) is 0 Å². The van der Waals surface area contributed by atoms with Crippen molar-refractivity contribution in [3.05, 3.63) is 35.4 Å². The molecule has 0 radical (unpaired) electrons. The minimum atomic E-state index is -0.0253. The molecule has 0 saturated heterocycles. The van der Waals surface area contributed by atoms with Gasteiger partial charge in [-0.25, -0.2) is 4.89 Å². The predicted octanol–water partition coefficient (Wildman–Crippen LogP) is 3.93. The van der Waals surface area contributed by atoms with E-state index in [9.17, 15) is 4.79 Å². The van der Waals surface area contributed by atoms with Gasteiger partial charge in [-0.3, -0.25) is 10.1 Å². The molecular formula is C13H22O3. The predicted molar refractivity (Wildman–Crippen MR) is 66.6 cm³/mol. The van der Waals surface area contributed by atoms with Gasteiger partial charge in [-0.1, -0.05) is 52.0 Å². The molecule has 1 N–H and O–H groups in total. The van der Waals surface area contributed by atoms with Crippen molar-refractivity contribution in [3.8, 4) is 0 Å². The van der Waals surface area contributed by atoms with Crippen LogP contribution in [0.4, 0.5) is 0 Å². The lowest BCUT2D eigenvalue weighted by atomic mass is 10.1. The fourth-order valence-electron chi connectivity index (χ4n) is 1.06. The number of benzene rings is 1. The molecule has 0 fully saturated rings. The third kappa shape index (κ3) is 6.32. The second kappa shape index (κ2) is 11.9. The molecule has 0 saturated carbocycles. The van der Waals surface area contributed by atoms with Crippen molar-refractivity contribution in [1.29, 1.82) is 0 Å². The van der Waals surface area contributed by atoms with Gasteiger partial charge in [-0.05, 0) is 12.5 Å². The van der Waals surface area contributed by atoms with Crippen molar-refractivity contribution in [2.45, 2.75) is 41.2 Å². The number of Topliss-reactive ketones (excluding diaryl/α,β-unsaturated/α-hetero) is 1. The van der Waals surface area contributed by atoms with Crippen LogP contribution in [0.15, 0.2) is 24.3 Å². The first-order valence-corrected chi connectivity index (χ1v) is 5.61. The number of ketones is 1. The second-order valence-corrected chi connectivity index (χ2v) is 2.49. The van der Waals surface area contributed by atoms with Crippen LogP contribution < -0.4 is 0 Å². The summed E-state index contributed by atoms with van der Waals surface area (Å²) in [5, 5.41) is 8.21. The third-order valence-corrected chi connectivity index (χ3v) is 1.62. The molecule has 0 aliphatic rings. The van der Waals surface area contributed by atoms with E-state index < -0.39 is 0 Å². The minimum absolute atomic E-state index is 0.0253. The number of carbonyl (C=O) groups excluding carboxylic acids is 1. The highest BCUT2D eigenvalue weighted by molar-refractivity contribution is 5.95. The van der Waals surface area contributed by atoms with Gasteiger partial charge in [0.15, 0.2) is 5.78 Å². The molecule has 1 rings (SSSR count). The lowest BCUT2D eigenvalue weighted by Gasteiger charge is -2.02. The molecule has 0 aliphatic carbocycles. The van der Waals surface area contributed by atoms with Gasteiger partial charge in [0.25, 0.3) is 0 Å². The minimum Gasteiger partial charge on any atom is -0.294 e. The number of carbonyl (C=O) groups is 1. The Hall–Kier alpha value is -1.19. The monoisotopic (exact) mass is 226 g/mol. The van der Waals surface area contributed by atoms with Crippen LogP contribution in [-0.2, 0) is 11.5 Å². The summed E-state index contributed by atoms with van der Waals surface area (Å²) in [7, 11) is 0. The maximum Gasteiger partial charge on any atom is 0.160 e. The molecule has 0 bridgehead atoms. The van der Waals surface area contributed by atoms with Gasteiger partial charge < -0.3 is 0 Å². The third-order valence-electron chi connectivity index (χ3n) is 1.62. The maximum absolute atomic E-state index is 11.0. The summed E-state index contributed by atoms with van der Waals surface area (Å²) < 4.78 is 0. The standard InChI is InChI=1S/C9H10O3.2C2H6/c1-7(10)9-5-3-2-4-8(9)6-12-11;2*1-2/h2-5,11H,6H2,1H3;2*1-2H3. The molecule has 0 atom stereocenters. The van der Waals surface area contributed by atoms with Crippen LogP contribution in [0.2, 0.25) is 0 Å². The van der Waals surface area contributed by atoms with E-state index in [1.165, 1.54) is 6.92 Å². The average Bonchev–Trinajstić information content (AvgIpc) is 2.35. The van der Waals surface area contributed by atoms with Gasteiger partial charge in [0.1, 0.15) is 6.61 Å². The summed E-state index contributed by atoms with van der Waals surface area (Å²) >= 11 is 0. The summed E-state index contributed by atoms with van der Waals surface area (Å²) in [6.45, 7) is 9.53. The molecule has 0 amide bonds. The zero-order valence-electron chi connectivity index (χ0n) is 10.8. The molecule has 0 aromatic heterocycles. The van der Waals surface area contributed by atoms with E-state index >= 15 is 0 Å². The van der Waals surface area contributed by atoms with Crippen LogP contribution >= 0.6 is 0 Å². The Balaban J connectivity index is 0. The van der Waals surface area contributed by atoms with Gasteiger partial charge in [0.05, 0.1) is 0 Å². The van der Waals surface area contributed by atoms with E-state index in [-0.39, 0.29) is 12.4 Å². The van der Waals surface area contributed by atoms with E-state index in [0.717, 1.165) is 0 Å². The van der Waals surface area contributed by atoms with Crippen LogP contribution in [0, 0.1) is 0 Å². The molecule has 16 heavy (non-hydrogen) atoms. The van der Waals surface area contributed by atoms with Crippen molar-refractivity contribution in [1.82, 2.24) is 0 Å². The number of hydrogen-bond donors (Lipinski definition) is 1. The summed E-state index contributed by atoms with van der Waals surface area (Å²) in [6.07, 6.45) is 0. The van der Waals surface area contributed by atoms with Crippen LogP contribution in [0.3, 0.4) is 0 Å². The van der Waals surface area contributed by atoms with Crippen molar-refractivity contribution >= 4 is 5.78 Å². The Kier molecular flexibility index (Phi) is 12.8. The van der Waals surface area contributed by atoms with Crippen LogP contribution in [0.1, 0.15) is 50.5 Å². The summed E-state index contributed by atoms with van der Waals surface area (Å²) in [6, 6.07) is 7.02. The fraction of sp³-hybridized carbons (Fsp3) is 0.462. The van der Waals surface area contributed by atoms with E-state index in [1.54, 1.807) is 24.3 Å². The van der Waals surface area contributed by atoms with E-state index in [4.69, 9.17) is 5.26 Å². The molecular weight excluding hydrogens is 204 g/mol. The zero-order valence-corrected chi connectivity index (χ0v) is 10.8. The highest BCUT2D eigenvalue weighted by atomic mass is 17.1. The molecule has 0 spiro atoms.